The number of benzene rings is 2. The summed E-state index contributed by atoms with van der Waals surface area (Å²) in [6.45, 7) is 3.99. The van der Waals surface area contributed by atoms with Crippen LogP contribution in [0.5, 0.6) is 11.5 Å². The minimum atomic E-state index is -4.76. The molecule has 2 aromatic heterocycles. The van der Waals surface area contributed by atoms with Gasteiger partial charge in [0.1, 0.15) is 5.75 Å². The molecule has 5 rings (SSSR count). The second-order valence-corrected chi connectivity index (χ2v) is 14.6. The molecule has 1 aliphatic heterocycles. The molecular formula is C31H31F3N6O7S2. The lowest BCUT2D eigenvalue weighted by Gasteiger charge is -2.33. The van der Waals surface area contributed by atoms with E-state index in [1.807, 2.05) is 11.9 Å². The normalized spacial score (nSPS) is 14.7. The second-order valence-electron chi connectivity index (χ2n) is 11.5. The van der Waals surface area contributed by atoms with Crippen LogP contribution in [0.15, 0.2) is 48.9 Å². The number of fused-ring (bicyclic) bond motifs is 1. The zero-order valence-electron chi connectivity index (χ0n) is 26.7. The number of amides is 1. The smallest absolute Gasteiger partial charge is 0.382 e. The molecule has 0 aliphatic carbocycles. The van der Waals surface area contributed by atoms with Gasteiger partial charge in [-0.3, -0.25) is 9.69 Å². The second kappa shape index (κ2) is 13.7. The molecule has 49 heavy (non-hydrogen) atoms. The van der Waals surface area contributed by atoms with Crippen molar-refractivity contribution < 1.29 is 43.2 Å². The average Bonchev–Trinajstić information content (AvgIpc) is 3.46. The summed E-state index contributed by atoms with van der Waals surface area (Å²) in [6.07, 6.45) is 1.16. The van der Waals surface area contributed by atoms with Crippen LogP contribution in [-0.2, 0) is 33.0 Å². The van der Waals surface area contributed by atoms with Crippen LogP contribution >= 0.6 is 0 Å². The highest BCUT2D eigenvalue weighted by atomic mass is 32.2. The largest absolute Gasteiger partial charge is 0.416 e. The minimum absolute atomic E-state index is 0.00568. The van der Waals surface area contributed by atoms with Gasteiger partial charge in [-0.25, -0.2) is 9.50 Å². The highest BCUT2D eigenvalue weighted by molar-refractivity contribution is 7.86. The first-order valence-corrected chi connectivity index (χ1v) is 18.2. The van der Waals surface area contributed by atoms with E-state index in [1.165, 1.54) is 42.2 Å². The maximum atomic E-state index is 14.2. The van der Waals surface area contributed by atoms with Crippen LogP contribution in [0.3, 0.4) is 0 Å². The molecule has 0 spiro atoms. The van der Waals surface area contributed by atoms with Crippen LogP contribution in [0.2, 0.25) is 0 Å². The molecule has 0 unspecified atom stereocenters. The summed E-state index contributed by atoms with van der Waals surface area (Å²) in [5, 5.41) is 6.43. The molecule has 260 valence electrons. The molecule has 1 amide bonds. The van der Waals surface area contributed by atoms with E-state index < -0.39 is 54.9 Å². The van der Waals surface area contributed by atoms with E-state index in [9.17, 15) is 34.8 Å². The van der Waals surface area contributed by atoms with E-state index >= 15 is 0 Å². The van der Waals surface area contributed by atoms with Crippen LogP contribution in [-0.4, -0.2) is 92.9 Å². The van der Waals surface area contributed by atoms with Gasteiger partial charge < -0.3 is 18.6 Å². The fourth-order valence-corrected chi connectivity index (χ4v) is 6.03. The number of likely N-dealkylation sites (N-methyl/N-ethyl adjacent to an activating group) is 1. The number of hydrogen-bond acceptors (Lipinski definition) is 11. The van der Waals surface area contributed by atoms with Crippen LogP contribution in [0.25, 0.3) is 5.65 Å². The Bertz CT molecular complexity index is 2200. The lowest BCUT2D eigenvalue weighted by Crippen LogP contribution is -2.44. The van der Waals surface area contributed by atoms with Crippen molar-refractivity contribution in [2.45, 2.75) is 19.6 Å². The molecule has 18 heteroatoms. The number of rotatable bonds is 8. The van der Waals surface area contributed by atoms with Crippen molar-refractivity contribution >= 4 is 37.5 Å². The van der Waals surface area contributed by atoms with Crippen LogP contribution in [0, 0.1) is 18.8 Å². The Morgan fingerprint density at radius 2 is 1.69 bits per heavy atom. The van der Waals surface area contributed by atoms with Crippen molar-refractivity contribution in [3.05, 3.63) is 82.3 Å². The van der Waals surface area contributed by atoms with E-state index in [2.05, 4.69) is 32.1 Å². The summed E-state index contributed by atoms with van der Waals surface area (Å²) in [6, 6.07) is 5.90. The molecule has 0 saturated carbocycles. The van der Waals surface area contributed by atoms with Crippen LogP contribution in [0.1, 0.15) is 38.2 Å². The Balaban J connectivity index is 1.58. The van der Waals surface area contributed by atoms with E-state index in [0.29, 0.717) is 43.6 Å². The zero-order valence-corrected chi connectivity index (χ0v) is 28.3. The third kappa shape index (κ3) is 9.06. The van der Waals surface area contributed by atoms with E-state index in [0.717, 1.165) is 18.4 Å². The Labute approximate surface area is 280 Å². The highest BCUT2D eigenvalue weighted by Gasteiger charge is 2.35. The number of nitrogens with one attached hydrogen (secondary N) is 1. The first-order chi connectivity index (χ1) is 22.9. The summed E-state index contributed by atoms with van der Waals surface area (Å²) >= 11 is 0. The van der Waals surface area contributed by atoms with Crippen LogP contribution in [0.4, 0.5) is 18.9 Å². The summed E-state index contributed by atoms with van der Waals surface area (Å²) in [4.78, 5) is 21.9. The first kappa shape index (κ1) is 35.6. The lowest BCUT2D eigenvalue weighted by atomic mass is 10.0. The molecule has 13 nitrogen and oxygen atoms in total. The van der Waals surface area contributed by atoms with Crippen molar-refractivity contribution in [2.75, 3.05) is 51.1 Å². The Hall–Kier alpha value is -4.70. The molecule has 1 aliphatic rings. The number of hydrogen-bond donors (Lipinski definition) is 1. The van der Waals surface area contributed by atoms with Gasteiger partial charge in [0, 0.05) is 62.4 Å². The number of carbonyl (C=O) groups is 1. The SMILES string of the molecule is Cc1c(OS(C)(=O)=O)cc(C(=O)Nc2ccc(CN3CCN(C)CC3)c(C(F)(F)F)c2)c(OS(C)(=O)=O)c1C#Cc1cnc2ccnn2c1. The molecule has 1 fully saturated rings. The lowest BCUT2D eigenvalue weighted by molar-refractivity contribution is -0.138. The summed E-state index contributed by atoms with van der Waals surface area (Å²) in [5.74, 6) is 3.36. The predicted octanol–water partition coefficient (Wildman–Crippen LogP) is 3.13. The minimum Gasteiger partial charge on any atom is -0.382 e. The van der Waals surface area contributed by atoms with Crippen LogP contribution < -0.4 is 13.7 Å². The molecule has 4 aromatic rings. The molecule has 0 bridgehead atoms. The third-order valence-electron chi connectivity index (χ3n) is 7.45. The maximum absolute atomic E-state index is 14.2. The van der Waals surface area contributed by atoms with Gasteiger partial charge in [-0.05, 0) is 37.7 Å². The Morgan fingerprint density at radius 1 is 1.00 bits per heavy atom. The fourth-order valence-electron chi connectivity index (χ4n) is 5.05. The number of halogens is 3. The zero-order chi connectivity index (χ0) is 35.7. The molecule has 1 saturated heterocycles. The van der Waals surface area contributed by atoms with Gasteiger partial charge >= 0.3 is 26.4 Å². The van der Waals surface area contributed by atoms with Gasteiger partial charge in [0.2, 0.25) is 0 Å². The van der Waals surface area contributed by atoms with Crippen molar-refractivity contribution in [1.29, 1.82) is 0 Å². The highest BCUT2D eigenvalue weighted by Crippen LogP contribution is 2.37. The number of carbonyl (C=O) groups excluding carboxylic acids is 1. The number of nitrogens with zero attached hydrogens (tertiary/aromatic N) is 5. The van der Waals surface area contributed by atoms with Crippen molar-refractivity contribution in [1.82, 2.24) is 24.4 Å². The average molecular weight is 721 g/mol. The molecule has 3 heterocycles. The Morgan fingerprint density at radius 3 is 2.35 bits per heavy atom. The molecule has 0 atom stereocenters. The van der Waals surface area contributed by atoms with Crippen molar-refractivity contribution in [3.63, 3.8) is 0 Å². The number of alkyl halides is 3. The number of anilines is 1. The quantitative estimate of drug-likeness (QED) is 0.211. The van der Waals surface area contributed by atoms with Crippen molar-refractivity contribution in [3.8, 4) is 23.3 Å². The summed E-state index contributed by atoms with van der Waals surface area (Å²) in [7, 11) is -6.59. The van der Waals surface area contributed by atoms with Gasteiger partial charge in [0.15, 0.2) is 11.4 Å². The predicted molar refractivity (Wildman–Crippen MR) is 173 cm³/mol. The number of aromatic nitrogens is 3. The first-order valence-electron chi connectivity index (χ1n) is 14.6. The fraction of sp³-hybridized carbons (Fsp3) is 0.323. The van der Waals surface area contributed by atoms with E-state index in [-0.39, 0.29) is 28.9 Å². The van der Waals surface area contributed by atoms with Gasteiger partial charge in [-0.1, -0.05) is 17.9 Å². The molecular weight excluding hydrogens is 690 g/mol. The van der Waals surface area contributed by atoms with Gasteiger partial charge in [0.25, 0.3) is 5.91 Å². The molecule has 0 radical (unpaired) electrons. The van der Waals surface area contributed by atoms with Gasteiger partial charge in [-0.15, -0.1) is 0 Å². The number of piperazine rings is 1. The standard InChI is InChI=1S/C31H31F3N6O7S2/c1-20-24(8-5-21-17-35-28-9-10-36-40(28)18-21)29(47-49(4,44)45)25(16-27(20)46-48(3,42)43)30(41)37-23-7-6-22(26(15-23)31(32,33)34)19-39-13-11-38(2)12-14-39/h6-7,9-10,15-18H,11-14,19H2,1-4H3,(H,37,41). The van der Waals surface area contributed by atoms with Crippen molar-refractivity contribution in [2.24, 2.45) is 0 Å². The summed E-state index contributed by atoms with van der Waals surface area (Å²) in [5.41, 5.74) is -1.21. The van der Waals surface area contributed by atoms with Gasteiger partial charge in [-0.2, -0.15) is 35.1 Å². The Kier molecular flexibility index (Phi) is 9.93. The molecule has 1 N–H and O–H groups in total. The molecule has 2 aromatic carbocycles. The third-order valence-corrected chi connectivity index (χ3v) is 8.41. The topological polar surface area (TPSA) is 153 Å². The monoisotopic (exact) mass is 720 g/mol. The van der Waals surface area contributed by atoms with E-state index in [4.69, 9.17) is 8.37 Å². The maximum Gasteiger partial charge on any atom is 0.416 e. The summed E-state index contributed by atoms with van der Waals surface area (Å²) < 4.78 is 103. The van der Waals surface area contributed by atoms with Gasteiger partial charge in [0.05, 0.1) is 41.0 Å². The van der Waals surface area contributed by atoms with E-state index in [1.54, 1.807) is 6.07 Å².